The Morgan fingerprint density at radius 2 is 2.05 bits per heavy atom. The van der Waals surface area contributed by atoms with Crippen molar-refractivity contribution in [2.24, 2.45) is 5.92 Å². The van der Waals surface area contributed by atoms with Crippen molar-refractivity contribution in [1.82, 2.24) is 15.1 Å². The van der Waals surface area contributed by atoms with Gasteiger partial charge in [0.15, 0.2) is 0 Å². The van der Waals surface area contributed by atoms with Gasteiger partial charge < -0.3 is 5.32 Å². The molecule has 2 fully saturated rings. The van der Waals surface area contributed by atoms with E-state index in [9.17, 15) is 0 Å². The van der Waals surface area contributed by atoms with Crippen LogP contribution in [0.1, 0.15) is 63.5 Å². The lowest BCUT2D eigenvalue weighted by atomic mass is 9.85. The maximum Gasteiger partial charge on any atom is 0.0492 e. The summed E-state index contributed by atoms with van der Waals surface area (Å²) in [6, 6.07) is 3.09. The molecular formula is C16H27N3. The molecule has 2 saturated carbocycles. The maximum absolute atomic E-state index is 4.48. The first-order valence-corrected chi connectivity index (χ1v) is 8.13. The van der Waals surface area contributed by atoms with Gasteiger partial charge >= 0.3 is 0 Å². The number of hydrogen-bond acceptors (Lipinski definition) is 2. The van der Waals surface area contributed by atoms with E-state index in [4.69, 9.17) is 0 Å². The van der Waals surface area contributed by atoms with E-state index < -0.39 is 0 Å². The number of aromatic nitrogens is 2. The highest BCUT2D eigenvalue weighted by Crippen LogP contribution is 2.36. The standard InChI is InChI=1S/C16H27N3/c1-2-19-16(10-11-18-19)15-7-5-3-4-6-13(15)12-17-14-8-9-14/h10-11,13-15,17H,2-9,12H2,1H3. The van der Waals surface area contributed by atoms with Crippen LogP contribution in [-0.4, -0.2) is 22.4 Å². The van der Waals surface area contributed by atoms with E-state index in [1.165, 1.54) is 57.2 Å². The van der Waals surface area contributed by atoms with Crippen molar-refractivity contribution in [3.8, 4) is 0 Å². The number of aryl methyl sites for hydroxylation is 1. The fourth-order valence-electron chi connectivity index (χ4n) is 3.55. The molecule has 2 unspecified atom stereocenters. The highest BCUT2D eigenvalue weighted by atomic mass is 15.3. The number of nitrogens with zero attached hydrogens (tertiary/aromatic N) is 2. The molecule has 0 amide bonds. The van der Waals surface area contributed by atoms with E-state index in [2.05, 4.69) is 28.1 Å². The maximum atomic E-state index is 4.48. The molecule has 0 aliphatic heterocycles. The zero-order chi connectivity index (χ0) is 13.1. The van der Waals surface area contributed by atoms with Crippen molar-refractivity contribution < 1.29 is 0 Å². The normalized spacial score (nSPS) is 28.3. The second-order valence-electron chi connectivity index (χ2n) is 6.26. The van der Waals surface area contributed by atoms with Crippen LogP contribution in [0.15, 0.2) is 12.3 Å². The third-order valence-electron chi connectivity index (χ3n) is 4.83. The molecule has 2 aliphatic rings. The zero-order valence-electron chi connectivity index (χ0n) is 12.1. The molecule has 0 saturated heterocycles. The molecule has 1 heterocycles. The minimum absolute atomic E-state index is 0.719. The lowest BCUT2D eigenvalue weighted by molar-refractivity contribution is 0.357. The summed E-state index contributed by atoms with van der Waals surface area (Å²) in [4.78, 5) is 0. The van der Waals surface area contributed by atoms with Crippen LogP contribution in [0.2, 0.25) is 0 Å². The molecule has 2 aliphatic carbocycles. The molecule has 3 heteroatoms. The highest BCUT2D eigenvalue weighted by Gasteiger charge is 2.29. The van der Waals surface area contributed by atoms with E-state index in [0.29, 0.717) is 0 Å². The topological polar surface area (TPSA) is 29.9 Å². The van der Waals surface area contributed by atoms with Crippen LogP contribution in [-0.2, 0) is 6.54 Å². The van der Waals surface area contributed by atoms with Crippen LogP contribution < -0.4 is 5.32 Å². The Hall–Kier alpha value is -0.830. The smallest absolute Gasteiger partial charge is 0.0492 e. The molecule has 0 spiro atoms. The third kappa shape index (κ3) is 3.19. The molecule has 3 nitrogen and oxygen atoms in total. The van der Waals surface area contributed by atoms with Crippen molar-refractivity contribution in [2.75, 3.05) is 6.54 Å². The average Bonchev–Trinajstić information content (AvgIpc) is 3.18. The van der Waals surface area contributed by atoms with Gasteiger partial charge in [0.2, 0.25) is 0 Å². The van der Waals surface area contributed by atoms with Gasteiger partial charge in [-0.3, -0.25) is 4.68 Å². The van der Waals surface area contributed by atoms with Gasteiger partial charge in [-0.1, -0.05) is 19.3 Å². The first-order valence-electron chi connectivity index (χ1n) is 8.13. The van der Waals surface area contributed by atoms with Crippen molar-refractivity contribution in [2.45, 2.75) is 70.4 Å². The SMILES string of the molecule is CCn1nccc1C1CCCCCC1CNC1CC1. The minimum Gasteiger partial charge on any atom is -0.314 e. The summed E-state index contributed by atoms with van der Waals surface area (Å²) < 4.78 is 2.21. The third-order valence-corrected chi connectivity index (χ3v) is 4.83. The van der Waals surface area contributed by atoms with Crippen LogP contribution in [0.4, 0.5) is 0 Å². The Labute approximate surface area is 116 Å². The molecule has 0 aromatic carbocycles. The fraction of sp³-hybridized carbons (Fsp3) is 0.812. The van der Waals surface area contributed by atoms with E-state index >= 15 is 0 Å². The van der Waals surface area contributed by atoms with Gasteiger partial charge in [-0.2, -0.15) is 5.10 Å². The first kappa shape index (κ1) is 13.2. The van der Waals surface area contributed by atoms with Gasteiger partial charge in [-0.15, -0.1) is 0 Å². The summed E-state index contributed by atoms with van der Waals surface area (Å²) in [6.45, 7) is 4.41. The molecule has 0 radical (unpaired) electrons. The number of hydrogen-bond donors (Lipinski definition) is 1. The first-order chi connectivity index (χ1) is 9.38. The lowest BCUT2D eigenvalue weighted by Gasteiger charge is -2.26. The monoisotopic (exact) mass is 261 g/mol. The van der Waals surface area contributed by atoms with Crippen molar-refractivity contribution in [3.05, 3.63) is 18.0 Å². The second-order valence-corrected chi connectivity index (χ2v) is 6.26. The summed E-state index contributed by atoms with van der Waals surface area (Å²) in [6.07, 6.45) is 11.7. The van der Waals surface area contributed by atoms with Crippen LogP contribution in [0.5, 0.6) is 0 Å². The van der Waals surface area contributed by atoms with Crippen molar-refractivity contribution in [1.29, 1.82) is 0 Å². The summed E-state index contributed by atoms with van der Waals surface area (Å²) in [5.74, 6) is 1.53. The van der Waals surface area contributed by atoms with Gasteiger partial charge in [0.05, 0.1) is 0 Å². The molecule has 0 bridgehead atoms. The Bertz CT molecular complexity index is 394. The summed E-state index contributed by atoms with van der Waals surface area (Å²) >= 11 is 0. The number of nitrogens with one attached hydrogen (secondary N) is 1. The molecule has 2 atom stereocenters. The van der Waals surface area contributed by atoms with Crippen LogP contribution in [0, 0.1) is 5.92 Å². The molecule has 3 rings (SSSR count). The number of rotatable bonds is 5. The Morgan fingerprint density at radius 1 is 1.21 bits per heavy atom. The van der Waals surface area contributed by atoms with Gasteiger partial charge in [0.1, 0.15) is 0 Å². The summed E-state index contributed by atoms with van der Waals surface area (Å²) in [7, 11) is 0. The molecule has 1 N–H and O–H groups in total. The van der Waals surface area contributed by atoms with E-state index in [1.54, 1.807) is 0 Å². The second kappa shape index (κ2) is 6.08. The largest absolute Gasteiger partial charge is 0.314 e. The predicted octanol–water partition coefficient (Wildman–Crippen LogP) is 3.32. The van der Waals surface area contributed by atoms with Crippen LogP contribution in [0.3, 0.4) is 0 Å². The van der Waals surface area contributed by atoms with Gasteiger partial charge in [-0.25, -0.2) is 0 Å². The molecule has 1 aromatic heterocycles. The van der Waals surface area contributed by atoms with Crippen LogP contribution >= 0.6 is 0 Å². The van der Waals surface area contributed by atoms with Gasteiger partial charge in [0, 0.05) is 30.4 Å². The fourth-order valence-corrected chi connectivity index (χ4v) is 3.55. The van der Waals surface area contributed by atoms with Gasteiger partial charge in [-0.05, 0) is 51.1 Å². The summed E-state index contributed by atoms with van der Waals surface area (Å²) in [5, 5.41) is 8.23. The highest BCUT2D eigenvalue weighted by molar-refractivity contribution is 5.10. The van der Waals surface area contributed by atoms with E-state index in [1.807, 2.05) is 6.20 Å². The molecule has 1 aromatic rings. The zero-order valence-corrected chi connectivity index (χ0v) is 12.1. The Kier molecular flexibility index (Phi) is 4.21. The Balaban J connectivity index is 1.72. The minimum atomic E-state index is 0.719. The van der Waals surface area contributed by atoms with Crippen molar-refractivity contribution >= 4 is 0 Å². The lowest BCUT2D eigenvalue weighted by Crippen LogP contribution is -2.29. The van der Waals surface area contributed by atoms with Crippen molar-refractivity contribution in [3.63, 3.8) is 0 Å². The van der Waals surface area contributed by atoms with E-state index in [-0.39, 0.29) is 0 Å². The quantitative estimate of drug-likeness (QED) is 0.824. The van der Waals surface area contributed by atoms with Crippen LogP contribution in [0.25, 0.3) is 0 Å². The molecule has 106 valence electrons. The van der Waals surface area contributed by atoms with E-state index in [0.717, 1.165) is 24.4 Å². The predicted molar refractivity (Wildman–Crippen MR) is 78.2 cm³/mol. The average molecular weight is 261 g/mol. The van der Waals surface area contributed by atoms with Gasteiger partial charge in [0.25, 0.3) is 0 Å². The Morgan fingerprint density at radius 3 is 2.84 bits per heavy atom. The molecule has 19 heavy (non-hydrogen) atoms. The summed E-state index contributed by atoms with van der Waals surface area (Å²) in [5.41, 5.74) is 1.48. The molecular weight excluding hydrogens is 234 g/mol.